The molecule has 0 aromatic carbocycles. The zero-order valence-electron chi connectivity index (χ0n) is 16.3. The van der Waals surface area contributed by atoms with Gasteiger partial charge in [0.15, 0.2) is 5.69 Å². The van der Waals surface area contributed by atoms with Crippen molar-refractivity contribution < 1.29 is 4.79 Å². The highest BCUT2D eigenvalue weighted by Gasteiger charge is 2.29. The van der Waals surface area contributed by atoms with Crippen molar-refractivity contribution in [2.75, 3.05) is 39.8 Å². The molecule has 2 aliphatic rings. The number of amides is 1. The van der Waals surface area contributed by atoms with Crippen LogP contribution in [0.3, 0.4) is 0 Å². The van der Waals surface area contributed by atoms with Crippen LogP contribution in [-0.4, -0.2) is 76.2 Å². The van der Waals surface area contributed by atoms with Gasteiger partial charge in [-0.25, -0.2) is 0 Å². The van der Waals surface area contributed by atoms with Gasteiger partial charge in [-0.3, -0.25) is 14.4 Å². The normalized spacial score (nSPS) is 19.2. The molecule has 0 aliphatic carbocycles. The van der Waals surface area contributed by atoms with E-state index in [0.717, 1.165) is 57.9 Å². The third-order valence-electron chi connectivity index (χ3n) is 4.89. The van der Waals surface area contributed by atoms with Crippen molar-refractivity contribution >= 4 is 17.5 Å². The van der Waals surface area contributed by atoms with Crippen LogP contribution in [0.4, 0.5) is 0 Å². The van der Waals surface area contributed by atoms with Crippen LogP contribution in [0, 0.1) is 0 Å². The van der Waals surface area contributed by atoms with E-state index in [1.165, 1.54) is 0 Å². The molecule has 3 rings (SSSR count). The van der Waals surface area contributed by atoms with E-state index in [4.69, 9.17) is 11.6 Å². The van der Waals surface area contributed by atoms with E-state index >= 15 is 0 Å². The van der Waals surface area contributed by atoms with Gasteiger partial charge in [-0.2, -0.15) is 5.10 Å². The SMILES string of the molecule is CC.CC(C)N1CCCn2nc(C(=O)N3CCN(C)CC3)c(Cl)c2C1. The average Bonchev–Trinajstić information content (AvgIpc) is 2.79. The summed E-state index contributed by atoms with van der Waals surface area (Å²) in [7, 11) is 2.08. The van der Waals surface area contributed by atoms with Gasteiger partial charge >= 0.3 is 0 Å². The number of rotatable bonds is 2. The van der Waals surface area contributed by atoms with Crippen molar-refractivity contribution in [1.29, 1.82) is 0 Å². The smallest absolute Gasteiger partial charge is 0.276 e. The first-order valence-corrected chi connectivity index (χ1v) is 9.82. The lowest BCUT2D eigenvalue weighted by Crippen LogP contribution is -2.47. The molecule has 2 aliphatic heterocycles. The van der Waals surface area contributed by atoms with Crippen LogP contribution in [-0.2, 0) is 13.1 Å². The molecule has 0 N–H and O–H groups in total. The number of hydrogen-bond donors (Lipinski definition) is 0. The molecule has 0 bridgehead atoms. The minimum Gasteiger partial charge on any atom is -0.335 e. The predicted octanol–water partition coefficient (Wildman–Crippen LogP) is 2.56. The zero-order valence-corrected chi connectivity index (χ0v) is 17.0. The third kappa shape index (κ3) is 4.54. The molecule has 142 valence electrons. The lowest BCUT2D eigenvalue weighted by molar-refractivity contribution is 0.0657. The van der Waals surface area contributed by atoms with Gasteiger partial charge < -0.3 is 9.80 Å². The number of halogens is 1. The third-order valence-corrected chi connectivity index (χ3v) is 5.28. The van der Waals surface area contributed by atoms with Gasteiger partial charge in [-0.15, -0.1) is 0 Å². The van der Waals surface area contributed by atoms with Crippen LogP contribution in [0.5, 0.6) is 0 Å². The highest BCUT2D eigenvalue weighted by atomic mass is 35.5. The van der Waals surface area contributed by atoms with E-state index in [-0.39, 0.29) is 5.91 Å². The molecule has 1 saturated heterocycles. The quantitative estimate of drug-likeness (QED) is 0.803. The zero-order chi connectivity index (χ0) is 18.6. The summed E-state index contributed by atoms with van der Waals surface area (Å²) in [6.07, 6.45) is 1.03. The van der Waals surface area contributed by atoms with E-state index < -0.39 is 0 Å². The summed E-state index contributed by atoms with van der Waals surface area (Å²) in [6, 6.07) is 0.462. The molecule has 0 radical (unpaired) electrons. The number of likely N-dealkylation sites (N-methyl/N-ethyl adjacent to an activating group) is 1. The molecule has 1 aromatic rings. The molecule has 6 nitrogen and oxygen atoms in total. The molecule has 0 saturated carbocycles. The van der Waals surface area contributed by atoms with E-state index in [0.29, 0.717) is 16.8 Å². The molecule has 1 amide bonds. The Morgan fingerprint density at radius 2 is 1.72 bits per heavy atom. The molecule has 0 spiro atoms. The van der Waals surface area contributed by atoms with Crippen LogP contribution >= 0.6 is 11.6 Å². The van der Waals surface area contributed by atoms with Gasteiger partial charge in [-0.1, -0.05) is 25.4 Å². The van der Waals surface area contributed by atoms with E-state index in [9.17, 15) is 4.79 Å². The van der Waals surface area contributed by atoms with Crippen molar-refractivity contribution in [3.63, 3.8) is 0 Å². The number of fused-ring (bicyclic) bond motifs is 1. The highest BCUT2D eigenvalue weighted by molar-refractivity contribution is 6.34. The lowest BCUT2D eigenvalue weighted by Gasteiger charge is -2.32. The summed E-state index contributed by atoms with van der Waals surface area (Å²) in [6.45, 7) is 14.3. The number of hydrogen-bond acceptors (Lipinski definition) is 4. The number of nitrogens with zero attached hydrogens (tertiary/aromatic N) is 5. The topological polar surface area (TPSA) is 44.6 Å². The van der Waals surface area contributed by atoms with E-state index in [1.54, 1.807) is 0 Å². The minimum atomic E-state index is -0.0280. The number of piperazine rings is 1. The van der Waals surface area contributed by atoms with Gasteiger partial charge in [0.25, 0.3) is 5.91 Å². The van der Waals surface area contributed by atoms with Crippen molar-refractivity contribution in [2.45, 2.75) is 53.2 Å². The maximum absolute atomic E-state index is 12.8. The van der Waals surface area contributed by atoms with Gasteiger partial charge in [-0.05, 0) is 27.3 Å². The Morgan fingerprint density at radius 1 is 1.08 bits per heavy atom. The average molecular weight is 370 g/mol. The molecule has 1 aromatic heterocycles. The summed E-state index contributed by atoms with van der Waals surface area (Å²) >= 11 is 6.56. The van der Waals surface area contributed by atoms with Gasteiger partial charge in [0.1, 0.15) is 0 Å². The monoisotopic (exact) mass is 369 g/mol. The summed E-state index contributed by atoms with van der Waals surface area (Å²) in [5, 5.41) is 5.09. The Kier molecular flexibility index (Phi) is 7.28. The maximum atomic E-state index is 12.8. The van der Waals surface area contributed by atoms with E-state index in [1.807, 2.05) is 23.4 Å². The van der Waals surface area contributed by atoms with Crippen LogP contribution in [0.25, 0.3) is 0 Å². The summed E-state index contributed by atoms with van der Waals surface area (Å²) in [5.41, 5.74) is 1.41. The fourth-order valence-electron chi connectivity index (χ4n) is 3.24. The first kappa shape index (κ1) is 20.2. The van der Waals surface area contributed by atoms with Gasteiger partial charge in [0.2, 0.25) is 0 Å². The van der Waals surface area contributed by atoms with Gasteiger partial charge in [0.05, 0.1) is 10.7 Å². The van der Waals surface area contributed by atoms with Crippen molar-refractivity contribution in [1.82, 2.24) is 24.5 Å². The summed E-state index contributed by atoms with van der Waals surface area (Å²) in [4.78, 5) is 19.3. The second-order valence-electron chi connectivity index (χ2n) is 6.85. The summed E-state index contributed by atoms with van der Waals surface area (Å²) < 4.78 is 1.94. The van der Waals surface area contributed by atoms with Crippen molar-refractivity contribution in [2.24, 2.45) is 0 Å². The molecule has 0 atom stereocenters. The molecule has 3 heterocycles. The Balaban J connectivity index is 0.00000109. The van der Waals surface area contributed by atoms with Crippen LogP contribution in [0.2, 0.25) is 5.02 Å². The van der Waals surface area contributed by atoms with Crippen LogP contribution in [0.1, 0.15) is 50.3 Å². The predicted molar refractivity (Wildman–Crippen MR) is 102 cm³/mol. The Hall–Kier alpha value is -1.11. The summed E-state index contributed by atoms with van der Waals surface area (Å²) in [5.74, 6) is -0.0280. The number of aromatic nitrogens is 2. The second kappa shape index (κ2) is 9.01. The fraction of sp³-hybridized carbons (Fsp3) is 0.778. The minimum absolute atomic E-state index is 0.0280. The van der Waals surface area contributed by atoms with Crippen molar-refractivity contribution in [3.05, 3.63) is 16.4 Å². The molecule has 25 heavy (non-hydrogen) atoms. The lowest BCUT2D eigenvalue weighted by atomic mass is 10.2. The molecule has 1 fully saturated rings. The van der Waals surface area contributed by atoms with Gasteiger partial charge in [0, 0.05) is 51.9 Å². The number of carbonyl (C=O) groups excluding carboxylic acids is 1. The van der Waals surface area contributed by atoms with Crippen molar-refractivity contribution in [3.8, 4) is 0 Å². The standard InChI is InChI=1S/C16H26ClN5O.C2H6/c1-12(2)21-5-4-6-22-13(11-21)14(17)15(18-22)16(23)20-9-7-19(3)8-10-20;1-2/h12H,4-11H2,1-3H3;1-2H3. The largest absolute Gasteiger partial charge is 0.335 e. The highest BCUT2D eigenvalue weighted by Crippen LogP contribution is 2.27. The molecule has 7 heteroatoms. The molecule has 0 unspecified atom stereocenters. The van der Waals surface area contributed by atoms with Crippen LogP contribution in [0.15, 0.2) is 0 Å². The fourth-order valence-corrected chi connectivity index (χ4v) is 3.52. The second-order valence-corrected chi connectivity index (χ2v) is 7.22. The number of carbonyl (C=O) groups is 1. The molecular weight excluding hydrogens is 338 g/mol. The first-order chi connectivity index (χ1) is 12.0. The Bertz CT molecular complexity index is 578. The molecular formula is C18H32ClN5O. The Morgan fingerprint density at radius 3 is 2.32 bits per heavy atom. The first-order valence-electron chi connectivity index (χ1n) is 9.44. The Labute approximate surface area is 156 Å². The van der Waals surface area contributed by atoms with Crippen LogP contribution < -0.4 is 0 Å². The number of aryl methyl sites for hydroxylation is 1. The van der Waals surface area contributed by atoms with E-state index in [2.05, 4.69) is 35.8 Å². The maximum Gasteiger partial charge on any atom is 0.276 e.